The largest absolute Gasteiger partial charge is 0.375 e. The maximum atomic E-state index is 12.4. The van der Waals surface area contributed by atoms with E-state index in [1.807, 2.05) is 31.2 Å². The molecule has 0 saturated carbocycles. The predicted molar refractivity (Wildman–Crippen MR) is 80.8 cm³/mol. The van der Waals surface area contributed by atoms with Gasteiger partial charge in [-0.1, -0.05) is 18.2 Å². The van der Waals surface area contributed by atoms with E-state index in [1.54, 1.807) is 0 Å². The van der Waals surface area contributed by atoms with Crippen molar-refractivity contribution in [1.29, 1.82) is 0 Å². The summed E-state index contributed by atoms with van der Waals surface area (Å²) in [5.74, 6) is 0. The first-order chi connectivity index (χ1) is 10.1. The van der Waals surface area contributed by atoms with Gasteiger partial charge in [-0.3, -0.25) is 4.57 Å². The van der Waals surface area contributed by atoms with Crippen LogP contribution in [0.5, 0.6) is 0 Å². The number of nitrogens with one attached hydrogen (secondary N) is 2. The van der Waals surface area contributed by atoms with Gasteiger partial charge < -0.3 is 15.2 Å². The van der Waals surface area contributed by atoms with Crippen LogP contribution < -0.4 is 10.9 Å². The van der Waals surface area contributed by atoms with Crippen molar-refractivity contribution in [2.75, 3.05) is 11.6 Å². The van der Waals surface area contributed by atoms with E-state index in [1.165, 1.54) is 12.5 Å². The van der Waals surface area contributed by atoms with E-state index in [-0.39, 0.29) is 11.9 Å². The highest BCUT2D eigenvalue weighted by atomic mass is 31.2. The smallest absolute Gasteiger partial charge is 0.282 e. The van der Waals surface area contributed by atoms with Gasteiger partial charge in [-0.25, -0.2) is 15.0 Å². The molecule has 21 heavy (non-hydrogen) atoms. The fraction of sp³-hybridized carbons (Fsp3) is 0.154. The lowest BCUT2D eigenvalue weighted by Gasteiger charge is -2.12. The molecule has 8 heteroatoms. The molecule has 0 aliphatic heterocycles. The van der Waals surface area contributed by atoms with Gasteiger partial charge >= 0.3 is 0 Å². The lowest BCUT2D eigenvalue weighted by Crippen LogP contribution is -2.16. The zero-order valence-electron chi connectivity index (χ0n) is 11.3. The van der Waals surface area contributed by atoms with E-state index in [9.17, 15) is 9.46 Å². The molecular formula is C13H14N5O2P. The Hall–Kier alpha value is -2.24. The van der Waals surface area contributed by atoms with Crippen LogP contribution in [0.4, 0.5) is 5.69 Å². The number of fused-ring (bicyclic) bond motifs is 1. The number of anilines is 1. The molecule has 2 aromatic heterocycles. The number of H-pyrrole nitrogens is 1. The summed E-state index contributed by atoms with van der Waals surface area (Å²) >= 11 is 0. The lowest BCUT2D eigenvalue weighted by molar-refractivity contribution is 0.490. The van der Waals surface area contributed by atoms with E-state index in [2.05, 4.69) is 25.3 Å². The maximum absolute atomic E-state index is 12.4. The van der Waals surface area contributed by atoms with Gasteiger partial charge in [0.2, 0.25) is 0 Å². The number of hydrogen-bond acceptors (Lipinski definition) is 5. The summed E-state index contributed by atoms with van der Waals surface area (Å²) in [6.07, 6.45) is 2.76. The molecule has 3 rings (SSSR count). The molecule has 0 bridgehead atoms. The van der Waals surface area contributed by atoms with E-state index in [0.717, 1.165) is 11.3 Å². The summed E-state index contributed by atoms with van der Waals surface area (Å²) in [5, 5.41) is 2.99. The minimum absolute atomic E-state index is 0.0269. The minimum atomic E-state index is -3.65. The molecule has 3 N–H and O–H groups in total. The van der Waals surface area contributed by atoms with Gasteiger partial charge in [0, 0.05) is 5.69 Å². The van der Waals surface area contributed by atoms with Crippen LogP contribution in [0.2, 0.25) is 0 Å². The molecule has 108 valence electrons. The number of aromatic amines is 1. The first-order valence-corrected chi connectivity index (χ1v) is 8.18. The second-order valence-electron chi connectivity index (χ2n) is 4.67. The lowest BCUT2D eigenvalue weighted by atomic mass is 10.2. The van der Waals surface area contributed by atoms with Gasteiger partial charge in [-0.05, 0) is 18.6 Å². The van der Waals surface area contributed by atoms with Crippen molar-refractivity contribution < 1.29 is 9.46 Å². The number of aryl methyl sites for hydroxylation is 1. The van der Waals surface area contributed by atoms with Gasteiger partial charge in [0.25, 0.3) is 7.37 Å². The Bertz CT molecular complexity index is 799. The van der Waals surface area contributed by atoms with Crippen LogP contribution in [0.25, 0.3) is 11.2 Å². The summed E-state index contributed by atoms with van der Waals surface area (Å²) in [5.41, 5.74) is 2.78. The topological polar surface area (TPSA) is 104 Å². The molecule has 0 amide bonds. The van der Waals surface area contributed by atoms with Gasteiger partial charge in [-0.2, -0.15) is 0 Å². The summed E-state index contributed by atoms with van der Waals surface area (Å²) in [6, 6.07) is 7.58. The molecule has 0 aliphatic rings. The molecule has 2 heterocycles. The quantitative estimate of drug-likeness (QED) is 0.633. The Kier molecular flexibility index (Phi) is 3.45. The average molecular weight is 303 g/mol. The van der Waals surface area contributed by atoms with Crippen molar-refractivity contribution in [2.45, 2.75) is 6.92 Å². The first-order valence-electron chi connectivity index (χ1n) is 6.34. The molecule has 1 atom stereocenters. The van der Waals surface area contributed by atoms with Crippen LogP contribution in [0, 0.1) is 6.92 Å². The second kappa shape index (κ2) is 5.27. The molecule has 0 aliphatic carbocycles. The molecule has 7 nitrogen and oxygen atoms in total. The summed E-state index contributed by atoms with van der Waals surface area (Å²) < 4.78 is 12.4. The molecule has 3 aromatic rings. The third kappa shape index (κ3) is 2.79. The highest BCUT2D eigenvalue weighted by Crippen LogP contribution is 2.38. The van der Waals surface area contributed by atoms with Crippen molar-refractivity contribution in [3.05, 3.63) is 42.4 Å². The van der Waals surface area contributed by atoms with E-state index in [4.69, 9.17) is 0 Å². The number of hydrogen-bond donors (Lipinski definition) is 3. The number of para-hydroxylation sites is 1. The maximum Gasteiger partial charge on any atom is 0.282 e. The van der Waals surface area contributed by atoms with Gasteiger partial charge in [-0.15, -0.1) is 0 Å². The second-order valence-corrected chi connectivity index (χ2v) is 6.81. The molecular weight excluding hydrogens is 289 g/mol. The molecule has 0 spiro atoms. The van der Waals surface area contributed by atoms with Crippen molar-refractivity contribution in [2.24, 2.45) is 0 Å². The highest BCUT2D eigenvalue weighted by molar-refractivity contribution is 7.65. The number of rotatable bonds is 4. The summed E-state index contributed by atoms with van der Waals surface area (Å²) in [4.78, 5) is 24.8. The van der Waals surface area contributed by atoms with Crippen LogP contribution in [0.3, 0.4) is 0 Å². The Morgan fingerprint density at radius 3 is 2.95 bits per heavy atom. The molecule has 0 radical (unpaired) electrons. The predicted octanol–water partition coefficient (Wildman–Crippen LogP) is 1.63. The Balaban J connectivity index is 1.83. The third-order valence-electron chi connectivity index (χ3n) is 3.11. The zero-order chi connectivity index (χ0) is 14.9. The average Bonchev–Trinajstić information content (AvgIpc) is 2.91. The van der Waals surface area contributed by atoms with Crippen LogP contribution in [0.1, 0.15) is 5.56 Å². The summed E-state index contributed by atoms with van der Waals surface area (Å²) in [7, 11) is -3.65. The third-order valence-corrected chi connectivity index (χ3v) is 4.57. The Morgan fingerprint density at radius 2 is 2.19 bits per heavy atom. The molecule has 1 aromatic carbocycles. The van der Waals surface area contributed by atoms with E-state index in [0.29, 0.717) is 11.2 Å². The highest BCUT2D eigenvalue weighted by Gasteiger charge is 2.26. The fourth-order valence-electron chi connectivity index (χ4n) is 1.95. The first kappa shape index (κ1) is 13.7. The normalized spacial score (nSPS) is 14.0. The van der Waals surface area contributed by atoms with Gasteiger partial charge in [0.15, 0.2) is 11.2 Å². The number of nitrogens with zero attached hydrogens (tertiary/aromatic N) is 3. The number of imidazole rings is 1. The van der Waals surface area contributed by atoms with Crippen molar-refractivity contribution >= 4 is 29.8 Å². The van der Waals surface area contributed by atoms with Crippen molar-refractivity contribution in [1.82, 2.24) is 19.9 Å². The number of aromatic nitrogens is 4. The Labute approximate surface area is 120 Å². The SMILES string of the molecule is Cc1ccccc1NCP(=O)(O)c1nc2ncncc2[nH]1. The van der Waals surface area contributed by atoms with E-state index >= 15 is 0 Å². The van der Waals surface area contributed by atoms with Gasteiger partial charge in [0.1, 0.15) is 11.8 Å². The standard InChI is InChI=1S/C13H14N5O2P/c1-9-4-2-3-5-10(9)16-8-21(19,20)13-17-11-6-14-7-15-12(11)18-13/h2-7,16H,8H2,1H3,(H,19,20)(H,14,15,17,18). The van der Waals surface area contributed by atoms with Gasteiger partial charge in [0.05, 0.1) is 12.5 Å². The zero-order valence-corrected chi connectivity index (χ0v) is 12.2. The van der Waals surface area contributed by atoms with Crippen molar-refractivity contribution in [3.63, 3.8) is 0 Å². The van der Waals surface area contributed by atoms with E-state index < -0.39 is 7.37 Å². The monoisotopic (exact) mass is 303 g/mol. The fourth-order valence-corrected chi connectivity index (χ4v) is 3.03. The Morgan fingerprint density at radius 1 is 1.38 bits per heavy atom. The van der Waals surface area contributed by atoms with Crippen LogP contribution in [-0.4, -0.2) is 31.1 Å². The molecule has 1 unspecified atom stereocenters. The van der Waals surface area contributed by atoms with Crippen LogP contribution in [0.15, 0.2) is 36.8 Å². The van der Waals surface area contributed by atoms with Crippen molar-refractivity contribution in [3.8, 4) is 0 Å². The minimum Gasteiger partial charge on any atom is -0.375 e. The van der Waals surface area contributed by atoms with Crippen LogP contribution in [-0.2, 0) is 4.57 Å². The number of benzene rings is 1. The molecule has 0 saturated heterocycles. The summed E-state index contributed by atoms with van der Waals surface area (Å²) in [6.45, 7) is 1.93. The van der Waals surface area contributed by atoms with Crippen LogP contribution >= 0.6 is 7.37 Å². The molecule has 0 fully saturated rings.